The molecule has 0 fully saturated rings. The summed E-state index contributed by atoms with van der Waals surface area (Å²) in [6.45, 7) is 6.36. The van der Waals surface area contributed by atoms with Crippen LogP contribution in [0.15, 0.2) is 27.1 Å². The molecule has 2 rings (SSSR count). The van der Waals surface area contributed by atoms with Crippen molar-refractivity contribution < 1.29 is 0 Å². The van der Waals surface area contributed by atoms with Gasteiger partial charge in [-0.1, -0.05) is 47.4 Å². The number of rotatable bonds is 3. The summed E-state index contributed by atoms with van der Waals surface area (Å²) in [6.07, 6.45) is 0.866. The van der Waals surface area contributed by atoms with E-state index in [1.165, 1.54) is 0 Å². The molecule has 106 valence electrons. The number of halogens is 3. The second-order valence-electron chi connectivity index (χ2n) is 5.16. The van der Waals surface area contributed by atoms with Crippen molar-refractivity contribution in [3.63, 3.8) is 0 Å². The quantitative estimate of drug-likeness (QED) is 0.586. The van der Waals surface area contributed by atoms with Crippen LogP contribution in [0.4, 0.5) is 0 Å². The molecule has 2 nitrogen and oxygen atoms in total. The van der Waals surface area contributed by atoms with Gasteiger partial charge in [0.2, 0.25) is 0 Å². The van der Waals surface area contributed by atoms with E-state index in [0.717, 1.165) is 32.2 Å². The molecule has 20 heavy (non-hydrogen) atoms. The Bertz CT molecular complexity index is 642. The van der Waals surface area contributed by atoms with E-state index in [1.54, 1.807) is 0 Å². The van der Waals surface area contributed by atoms with E-state index in [9.17, 15) is 0 Å². The average Bonchev–Trinajstić information content (AvgIpc) is 2.37. The van der Waals surface area contributed by atoms with Crippen LogP contribution in [0.1, 0.15) is 25.1 Å². The molecule has 0 unspecified atom stereocenters. The Kier molecular flexibility index (Phi) is 5.21. The third-order valence-corrected chi connectivity index (χ3v) is 5.12. The van der Waals surface area contributed by atoms with Crippen molar-refractivity contribution in [2.24, 2.45) is 5.92 Å². The maximum absolute atomic E-state index is 6.22. The Morgan fingerprint density at radius 1 is 1.20 bits per heavy atom. The van der Waals surface area contributed by atoms with Gasteiger partial charge in [-0.2, -0.15) is 0 Å². The fraction of sp³-hybridized carbons (Fsp3) is 0.333. The summed E-state index contributed by atoms with van der Waals surface area (Å²) in [5.74, 6) is 1.18. The average molecular weight is 419 g/mol. The van der Waals surface area contributed by atoms with Crippen molar-refractivity contribution in [1.29, 1.82) is 0 Å². The fourth-order valence-electron chi connectivity index (χ4n) is 1.90. The molecular formula is C15H15Br2ClN2. The van der Waals surface area contributed by atoms with Crippen molar-refractivity contribution in [3.05, 3.63) is 43.6 Å². The zero-order chi connectivity index (χ0) is 14.9. The molecule has 1 aromatic carbocycles. The molecule has 0 aliphatic carbocycles. The van der Waals surface area contributed by atoms with Gasteiger partial charge in [-0.05, 0) is 52.9 Å². The minimum atomic E-state index is 0.464. The first kappa shape index (κ1) is 15.9. The fourth-order valence-corrected chi connectivity index (χ4v) is 2.67. The molecule has 0 amide bonds. The van der Waals surface area contributed by atoms with Gasteiger partial charge in [0.05, 0.1) is 10.2 Å². The van der Waals surface area contributed by atoms with Gasteiger partial charge in [0.25, 0.3) is 0 Å². The molecule has 5 heteroatoms. The summed E-state index contributed by atoms with van der Waals surface area (Å²) < 4.78 is 1.87. The van der Waals surface area contributed by atoms with Crippen molar-refractivity contribution >= 4 is 43.5 Å². The van der Waals surface area contributed by atoms with Crippen LogP contribution in [-0.4, -0.2) is 9.97 Å². The summed E-state index contributed by atoms with van der Waals surface area (Å²) in [5, 5.41) is 0.464. The summed E-state index contributed by atoms with van der Waals surface area (Å²) in [5.41, 5.74) is 3.08. The predicted octanol–water partition coefficient (Wildman–Crippen LogP) is 5.83. The highest BCUT2D eigenvalue weighted by atomic mass is 79.9. The molecule has 0 saturated heterocycles. The molecule has 0 saturated carbocycles. The third-order valence-electron chi connectivity index (χ3n) is 2.90. The Hall–Kier alpha value is -0.450. The zero-order valence-corrected chi connectivity index (χ0v) is 15.5. The van der Waals surface area contributed by atoms with Gasteiger partial charge in [-0.15, -0.1) is 0 Å². The molecule has 0 N–H and O–H groups in total. The van der Waals surface area contributed by atoms with Crippen LogP contribution >= 0.6 is 43.5 Å². The lowest BCUT2D eigenvalue weighted by Gasteiger charge is -2.11. The lowest BCUT2D eigenvalue weighted by Crippen LogP contribution is -2.03. The number of nitrogens with zero attached hydrogens (tertiary/aromatic N) is 2. The first-order valence-corrected chi connectivity index (χ1v) is 8.33. The van der Waals surface area contributed by atoms with Crippen molar-refractivity contribution in [2.75, 3.05) is 0 Å². The molecule has 0 bridgehead atoms. The maximum Gasteiger partial charge on any atom is 0.161 e. The Morgan fingerprint density at radius 2 is 1.90 bits per heavy atom. The van der Waals surface area contributed by atoms with Crippen LogP contribution < -0.4 is 0 Å². The topological polar surface area (TPSA) is 25.8 Å². The zero-order valence-electron chi connectivity index (χ0n) is 11.5. The van der Waals surface area contributed by atoms with Crippen molar-refractivity contribution in [2.45, 2.75) is 27.2 Å². The van der Waals surface area contributed by atoms with Crippen LogP contribution in [0.25, 0.3) is 11.4 Å². The van der Waals surface area contributed by atoms with Crippen LogP contribution in [0.2, 0.25) is 5.15 Å². The summed E-state index contributed by atoms with van der Waals surface area (Å²) in [7, 11) is 0. The van der Waals surface area contributed by atoms with Crippen LogP contribution in [0, 0.1) is 12.8 Å². The van der Waals surface area contributed by atoms with E-state index in [-0.39, 0.29) is 0 Å². The molecule has 0 aliphatic rings. The van der Waals surface area contributed by atoms with Gasteiger partial charge in [0, 0.05) is 10.0 Å². The number of benzene rings is 1. The molecule has 0 radical (unpaired) electrons. The highest BCUT2D eigenvalue weighted by Crippen LogP contribution is 2.29. The van der Waals surface area contributed by atoms with Gasteiger partial charge < -0.3 is 0 Å². The lowest BCUT2D eigenvalue weighted by atomic mass is 10.1. The molecule has 0 aliphatic heterocycles. The molecule has 1 heterocycles. The smallest absolute Gasteiger partial charge is 0.161 e. The van der Waals surface area contributed by atoms with Crippen LogP contribution in [0.5, 0.6) is 0 Å². The van der Waals surface area contributed by atoms with Gasteiger partial charge in [0.15, 0.2) is 5.82 Å². The van der Waals surface area contributed by atoms with E-state index in [1.807, 2.05) is 19.1 Å². The van der Waals surface area contributed by atoms with E-state index in [0.29, 0.717) is 16.9 Å². The normalized spacial score (nSPS) is 11.2. The number of aromatic nitrogens is 2. The van der Waals surface area contributed by atoms with Crippen LogP contribution in [-0.2, 0) is 6.42 Å². The Morgan fingerprint density at radius 3 is 2.50 bits per heavy atom. The molecule has 2 aromatic rings. The lowest BCUT2D eigenvalue weighted by molar-refractivity contribution is 0.632. The minimum Gasteiger partial charge on any atom is -0.232 e. The van der Waals surface area contributed by atoms with Crippen molar-refractivity contribution in [1.82, 2.24) is 9.97 Å². The van der Waals surface area contributed by atoms with E-state index >= 15 is 0 Å². The summed E-state index contributed by atoms with van der Waals surface area (Å²) in [6, 6.07) is 6.06. The summed E-state index contributed by atoms with van der Waals surface area (Å²) in [4.78, 5) is 9.03. The standard InChI is InChI=1S/C15H15Br2ClN2/c1-8(2)6-12-13(17)14(18)20-15(19-12)10-4-5-11(16)9(3)7-10/h4-5,7-8H,6H2,1-3H3. The van der Waals surface area contributed by atoms with Crippen molar-refractivity contribution in [3.8, 4) is 11.4 Å². The molecule has 1 aromatic heterocycles. The van der Waals surface area contributed by atoms with Gasteiger partial charge >= 0.3 is 0 Å². The maximum atomic E-state index is 6.22. The first-order chi connectivity index (χ1) is 9.38. The first-order valence-electron chi connectivity index (χ1n) is 6.37. The molecule has 0 spiro atoms. The monoisotopic (exact) mass is 416 g/mol. The second kappa shape index (κ2) is 6.54. The Balaban J connectivity index is 2.51. The van der Waals surface area contributed by atoms with Crippen LogP contribution in [0.3, 0.4) is 0 Å². The molecular weight excluding hydrogens is 403 g/mol. The van der Waals surface area contributed by atoms with E-state index in [2.05, 4.69) is 61.7 Å². The largest absolute Gasteiger partial charge is 0.232 e. The predicted molar refractivity (Wildman–Crippen MR) is 91.2 cm³/mol. The highest BCUT2D eigenvalue weighted by molar-refractivity contribution is 9.10. The molecule has 0 atom stereocenters. The third kappa shape index (κ3) is 3.60. The van der Waals surface area contributed by atoms with Gasteiger partial charge in [0.1, 0.15) is 5.15 Å². The highest BCUT2D eigenvalue weighted by Gasteiger charge is 2.13. The SMILES string of the molecule is Cc1cc(-c2nc(Cl)c(Br)c(CC(C)C)n2)ccc1Br. The Labute approximate surface area is 141 Å². The summed E-state index contributed by atoms with van der Waals surface area (Å²) >= 11 is 13.2. The number of aryl methyl sites for hydroxylation is 1. The van der Waals surface area contributed by atoms with Gasteiger partial charge in [-0.25, -0.2) is 9.97 Å². The van der Waals surface area contributed by atoms with E-state index < -0.39 is 0 Å². The number of hydrogen-bond donors (Lipinski definition) is 0. The minimum absolute atomic E-state index is 0.464. The van der Waals surface area contributed by atoms with Gasteiger partial charge in [-0.3, -0.25) is 0 Å². The second-order valence-corrected chi connectivity index (χ2v) is 7.17. The number of hydrogen-bond acceptors (Lipinski definition) is 2. The van der Waals surface area contributed by atoms with E-state index in [4.69, 9.17) is 11.6 Å².